The minimum atomic E-state index is -0.458. The van der Waals surface area contributed by atoms with Crippen molar-refractivity contribution in [2.75, 3.05) is 6.61 Å². The number of rotatable bonds is 7. The van der Waals surface area contributed by atoms with Crippen LogP contribution in [0.3, 0.4) is 0 Å². The lowest BCUT2D eigenvalue weighted by molar-refractivity contribution is -0.167. The second-order valence-corrected chi connectivity index (χ2v) is 5.11. The topological polar surface area (TPSA) is 35.5 Å². The van der Waals surface area contributed by atoms with Crippen molar-refractivity contribution >= 4 is 5.97 Å². The van der Waals surface area contributed by atoms with Crippen LogP contribution in [0.25, 0.3) is 0 Å². The molecule has 0 aliphatic heterocycles. The van der Waals surface area contributed by atoms with Gasteiger partial charge < -0.3 is 9.47 Å². The van der Waals surface area contributed by atoms with Crippen molar-refractivity contribution < 1.29 is 14.3 Å². The molecule has 0 fully saturated rings. The van der Waals surface area contributed by atoms with E-state index in [0.717, 1.165) is 12.8 Å². The molecule has 0 aliphatic carbocycles. The zero-order chi connectivity index (χ0) is 12.6. The molecule has 16 heavy (non-hydrogen) atoms. The van der Waals surface area contributed by atoms with Gasteiger partial charge in [0.05, 0.1) is 0 Å². The Kier molecular flexibility index (Phi) is 7.39. The molecule has 0 spiro atoms. The lowest BCUT2D eigenvalue weighted by Gasteiger charge is -2.22. The molecule has 1 atom stereocenters. The number of carbonyl (C=O) groups excluding carboxylic acids is 1. The maximum Gasteiger partial charge on any atom is 0.335 e. The summed E-state index contributed by atoms with van der Waals surface area (Å²) in [4.78, 5) is 11.5. The Morgan fingerprint density at radius 1 is 1.19 bits per heavy atom. The second-order valence-electron chi connectivity index (χ2n) is 5.11. The number of hydrogen-bond acceptors (Lipinski definition) is 3. The number of esters is 1. The zero-order valence-corrected chi connectivity index (χ0v) is 11.3. The average Bonchev–Trinajstić information content (AvgIpc) is 2.14. The summed E-state index contributed by atoms with van der Waals surface area (Å²) < 4.78 is 10.6. The highest BCUT2D eigenvalue weighted by Crippen LogP contribution is 2.10. The highest BCUT2D eigenvalue weighted by atomic mass is 16.6. The van der Waals surface area contributed by atoms with Crippen molar-refractivity contribution in [2.45, 2.75) is 72.0 Å². The van der Waals surface area contributed by atoms with Crippen molar-refractivity contribution in [3.05, 3.63) is 0 Å². The molecular formula is C13H26O3. The van der Waals surface area contributed by atoms with E-state index in [1.165, 1.54) is 12.8 Å². The second kappa shape index (κ2) is 7.66. The van der Waals surface area contributed by atoms with Crippen molar-refractivity contribution in [2.24, 2.45) is 0 Å². The van der Waals surface area contributed by atoms with Gasteiger partial charge in [0.25, 0.3) is 0 Å². The molecule has 3 heteroatoms. The van der Waals surface area contributed by atoms with Crippen LogP contribution in [0.15, 0.2) is 0 Å². The molecule has 0 heterocycles. The van der Waals surface area contributed by atoms with E-state index in [2.05, 4.69) is 6.92 Å². The Bertz CT molecular complexity index is 194. The molecule has 0 aromatic rings. The van der Waals surface area contributed by atoms with Gasteiger partial charge in [-0.3, -0.25) is 0 Å². The maximum absolute atomic E-state index is 11.5. The number of carbonyl (C=O) groups is 1. The predicted octanol–water partition coefficient (Wildman–Crippen LogP) is 3.31. The summed E-state index contributed by atoms with van der Waals surface area (Å²) in [6, 6.07) is 0. The molecule has 0 rings (SSSR count). The Balaban J connectivity index is 3.64. The van der Waals surface area contributed by atoms with Gasteiger partial charge in [-0.25, -0.2) is 4.79 Å². The molecule has 0 bridgehead atoms. The van der Waals surface area contributed by atoms with Gasteiger partial charge in [-0.1, -0.05) is 26.2 Å². The van der Waals surface area contributed by atoms with E-state index in [1.807, 2.05) is 20.8 Å². The summed E-state index contributed by atoms with van der Waals surface area (Å²) in [6.07, 6.45) is 4.16. The summed E-state index contributed by atoms with van der Waals surface area (Å²) in [5.41, 5.74) is -0.434. The minimum Gasteiger partial charge on any atom is -0.458 e. The van der Waals surface area contributed by atoms with E-state index < -0.39 is 11.7 Å². The highest BCUT2D eigenvalue weighted by Gasteiger charge is 2.21. The SMILES string of the molecule is CCCCCCOC(C)C(=O)OC(C)(C)C. The summed E-state index contributed by atoms with van der Waals surface area (Å²) in [6.45, 7) is 10.1. The molecule has 0 N–H and O–H groups in total. The maximum atomic E-state index is 11.5. The van der Waals surface area contributed by atoms with Crippen LogP contribution in [0, 0.1) is 0 Å². The molecule has 0 amide bonds. The third-order valence-corrected chi connectivity index (χ3v) is 2.10. The van der Waals surface area contributed by atoms with Gasteiger partial charge in [0, 0.05) is 6.61 Å². The van der Waals surface area contributed by atoms with Gasteiger partial charge >= 0.3 is 5.97 Å². The first-order chi connectivity index (χ1) is 7.37. The molecule has 0 saturated carbocycles. The van der Waals surface area contributed by atoms with Crippen LogP contribution < -0.4 is 0 Å². The largest absolute Gasteiger partial charge is 0.458 e. The Morgan fingerprint density at radius 3 is 2.31 bits per heavy atom. The van der Waals surface area contributed by atoms with E-state index in [0.29, 0.717) is 6.61 Å². The van der Waals surface area contributed by atoms with E-state index in [-0.39, 0.29) is 5.97 Å². The zero-order valence-electron chi connectivity index (χ0n) is 11.3. The van der Waals surface area contributed by atoms with Crippen LogP contribution in [0.5, 0.6) is 0 Å². The number of ether oxygens (including phenoxy) is 2. The molecular weight excluding hydrogens is 204 g/mol. The summed E-state index contributed by atoms with van der Waals surface area (Å²) >= 11 is 0. The minimum absolute atomic E-state index is 0.275. The molecule has 0 aromatic carbocycles. The predicted molar refractivity (Wildman–Crippen MR) is 65.4 cm³/mol. The average molecular weight is 230 g/mol. The highest BCUT2D eigenvalue weighted by molar-refractivity contribution is 5.74. The van der Waals surface area contributed by atoms with Crippen LogP contribution in [0.4, 0.5) is 0 Å². The smallest absolute Gasteiger partial charge is 0.335 e. The molecule has 1 unspecified atom stereocenters. The summed E-state index contributed by atoms with van der Waals surface area (Å²) in [7, 11) is 0. The molecule has 0 saturated heterocycles. The van der Waals surface area contributed by atoms with Crippen LogP contribution in [0.1, 0.15) is 60.3 Å². The molecule has 96 valence electrons. The van der Waals surface area contributed by atoms with E-state index in [1.54, 1.807) is 6.92 Å². The van der Waals surface area contributed by atoms with E-state index in [9.17, 15) is 4.79 Å². The first-order valence-corrected chi connectivity index (χ1v) is 6.21. The van der Waals surface area contributed by atoms with Gasteiger partial charge in [0.15, 0.2) is 6.10 Å². The fourth-order valence-electron chi connectivity index (χ4n) is 1.24. The summed E-state index contributed by atoms with van der Waals surface area (Å²) in [5.74, 6) is -0.275. The quantitative estimate of drug-likeness (QED) is 0.497. The van der Waals surface area contributed by atoms with Gasteiger partial charge in [0.1, 0.15) is 5.60 Å². The molecule has 0 aliphatic rings. The standard InChI is InChI=1S/C13H26O3/c1-6-7-8-9-10-15-11(2)12(14)16-13(3,4)5/h11H,6-10H2,1-5H3. The molecule has 0 aromatic heterocycles. The van der Waals surface area contributed by atoms with Crippen LogP contribution in [0.2, 0.25) is 0 Å². The van der Waals surface area contributed by atoms with Crippen LogP contribution in [-0.2, 0) is 14.3 Å². The first-order valence-electron chi connectivity index (χ1n) is 6.21. The van der Waals surface area contributed by atoms with Crippen molar-refractivity contribution in [1.82, 2.24) is 0 Å². The Morgan fingerprint density at radius 2 is 1.81 bits per heavy atom. The van der Waals surface area contributed by atoms with Crippen LogP contribution >= 0.6 is 0 Å². The lowest BCUT2D eigenvalue weighted by atomic mass is 10.2. The van der Waals surface area contributed by atoms with Crippen molar-refractivity contribution in [1.29, 1.82) is 0 Å². The van der Waals surface area contributed by atoms with Gasteiger partial charge in [0.2, 0.25) is 0 Å². The fraction of sp³-hybridized carbons (Fsp3) is 0.923. The van der Waals surface area contributed by atoms with Crippen LogP contribution in [-0.4, -0.2) is 24.3 Å². The van der Waals surface area contributed by atoms with Gasteiger partial charge in [-0.2, -0.15) is 0 Å². The third kappa shape index (κ3) is 8.72. The third-order valence-electron chi connectivity index (χ3n) is 2.10. The Labute approximate surface area is 99.5 Å². The lowest BCUT2D eigenvalue weighted by Crippen LogP contribution is -2.31. The normalized spacial score (nSPS) is 13.6. The first kappa shape index (κ1) is 15.4. The Hall–Kier alpha value is -0.570. The van der Waals surface area contributed by atoms with Crippen molar-refractivity contribution in [3.8, 4) is 0 Å². The van der Waals surface area contributed by atoms with Gasteiger partial charge in [-0.05, 0) is 34.1 Å². The van der Waals surface area contributed by atoms with E-state index in [4.69, 9.17) is 9.47 Å². The summed E-state index contributed by atoms with van der Waals surface area (Å²) in [5, 5.41) is 0. The van der Waals surface area contributed by atoms with Crippen molar-refractivity contribution in [3.63, 3.8) is 0 Å². The molecule has 3 nitrogen and oxygen atoms in total. The monoisotopic (exact) mass is 230 g/mol. The van der Waals surface area contributed by atoms with E-state index >= 15 is 0 Å². The number of unbranched alkanes of at least 4 members (excludes halogenated alkanes) is 3. The number of hydrogen-bond donors (Lipinski definition) is 0. The van der Waals surface area contributed by atoms with Gasteiger partial charge in [-0.15, -0.1) is 0 Å². The molecule has 0 radical (unpaired) electrons. The fourth-order valence-corrected chi connectivity index (χ4v) is 1.24.